The third kappa shape index (κ3) is 3.72. The first kappa shape index (κ1) is 18.1. The van der Waals surface area contributed by atoms with Gasteiger partial charge in [-0.3, -0.25) is 14.3 Å². The van der Waals surface area contributed by atoms with Crippen molar-refractivity contribution < 1.29 is 14.3 Å². The van der Waals surface area contributed by atoms with E-state index in [0.29, 0.717) is 39.0 Å². The van der Waals surface area contributed by atoms with Crippen LogP contribution in [0.3, 0.4) is 0 Å². The van der Waals surface area contributed by atoms with Gasteiger partial charge in [-0.05, 0) is 19.8 Å². The van der Waals surface area contributed by atoms with E-state index < -0.39 is 5.60 Å². The fraction of sp³-hybridized carbons (Fsp3) is 0.588. The molecule has 144 valence electrons. The van der Waals surface area contributed by atoms with Crippen LogP contribution in [0.15, 0.2) is 11.7 Å². The number of thiazole rings is 1. The number of aryl methyl sites for hydroxylation is 2. The molecule has 2 saturated heterocycles. The van der Waals surface area contributed by atoms with Crippen LogP contribution in [0.25, 0.3) is 0 Å². The Hall–Kier alpha value is -2.33. The minimum Gasteiger partial charge on any atom is -0.363 e. The van der Waals surface area contributed by atoms with Crippen molar-refractivity contribution in [3.05, 3.63) is 28.2 Å². The van der Waals surface area contributed by atoms with Crippen molar-refractivity contribution in [2.45, 2.75) is 31.9 Å². The standard InChI is InChI=1S/C17H22N6O3S/c1-12-19-13(9-27-12)7-23-10-17(26-8-14(23)24)3-5-22(6-4-17)16(25)15-18-11-21(2)20-15/h9,11H,3-8,10H2,1-2H3. The van der Waals surface area contributed by atoms with Gasteiger partial charge in [0, 0.05) is 25.5 Å². The van der Waals surface area contributed by atoms with Crippen LogP contribution in [0.2, 0.25) is 0 Å². The molecule has 27 heavy (non-hydrogen) atoms. The molecule has 9 nitrogen and oxygen atoms in total. The van der Waals surface area contributed by atoms with E-state index >= 15 is 0 Å². The first-order chi connectivity index (χ1) is 12.9. The highest BCUT2D eigenvalue weighted by Gasteiger charge is 2.43. The second-order valence-electron chi connectivity index (χ2n) is 7.11. The maximum Gasteiger partial charge on any atom is 0.293 e. The summed E-state index contributed by atoms with van der Waals surface area (Å²) in [5.74, 6) is 0.0447. The highest BCUT2D eigenvalue weighted by Crippen LogP contribution is 2.31. The molecular weight excluding hydrogens is 368 g/mol. The molecule has 0 N–H and O–H groups in total. The number of carbonyl (C=O) groups excluding carboxylic acids is 2. The Morgan fingerprint density at radius 2 is 2.15 bits per heavy atom. The quantitative estimate of drug-likeness (QED) is 0.762. The smallest absolute Gasteiger partial charge is 0.293 e. The minimum atomic E-state index is -0.396. The van der Waals surface area contributed by atoms with E-state index in [2.05, 4.69) is 15.1 Å². The van der Waals surface area contributed by atoms with E-state index in [-0.39, 0.29) is 24.2 Å². The monoisotopic (exact) mass is 390 g/mol. The van der Waals surface area contributed by atoms with Crippen LogP contribution in [0, 0.1) is 6.92 Å². The van der Waals surface area contributed by atoms with Crippen LogP contribution in [0.4, 0.5) is 0 Å². The molecule has 0 unspecified atom stereocenters. The summed E-state index contributed by atoms with van der Waals surface area (Å²) in [6, 6.07) is 0. The lowest BCUT2D eigenvalue weighted by Crippen LogP contribution is -2.59. The van der Waals surface area contributed by atoms with E-state index in [1.54, 1.807) is 23.3 Å². The van der Waals surface area contributed by atoms with Crippen LogP contribution in [0.5, 0.6) is 0 Å². The second kappa shape index (κ2) is 7.01. The number of rotatable bonds is 3. The summed E-state index contributed by atoms with van der Waals surface area (Å²) in [5, 5.41) is 7.07. The zero-order chi connectivity index (χ0) is 19.0. The molecule has 10 heteroatoms. The lowest BCUT2D eigenvalue weighted by atomic mass is 9.89. The number of likely N-dealkylation sites (tertiary alicyclic amines) is 1. The van der Waals surface area contributed by atoms with Crippen LogP contribution in [-0.2, 0) is 23.1 Å². The van der Waals surface area contributed by atoms with Crippen LogP contribution < -0.4 is 0 Å². The molecule has 2 aliphatic rings. The molecule has 0 aromatic carbocycles. The van der Waals surface area contributed by atoms with Gasteiger partial charge in [-0.25, -0.2) is 9.97 Å². The number of nitrogens with zero attached hydrogens (tertiary/aromatic N) is 6. The van der Waals surface area contributed by atoms with Gasteiger partial charge >= 0.3 is 0 Å². The molecule has 0 saturated carbocycles. The summed E-state index contributed by atoms with van der Waals surface area (Å²) in [7, 11) is 1.74. The molecular formula is C17H22N6O3S. The van der Waals surface area contributed by atoms with E-state index in [9.17, 15) is 9.59 Å². The maximum absolute atomic E-state index is 12.5. The van der Waals surface area contributed by atoms with Crippen molar-refractivity contribution in [3.8, 4) is 0 Å². The Balaban J connectivity index is 1.39. The number of aromatic nitrogens is 4. The predicted molar refractivity (Wildman–Crippen MR) is 97.1 cm³/mol. The van der Waals surface area contributed by atoms with Crippen LogP contribution in [-0.4, -0.2) is 73.2 Å². The third-order valence-electron chi connectivity index (χ3n) is 5.11. The van der Waals surface area contributed by atoms with Gasteiger partial charge in [0.05, 0.1) is 29.4 Å². The highest BCUT2D eigenvalue weighted by molar-refractivity contribution is 7.09. The molecule has 2 aliphatic heterocycles. The molecule has 0 atom stereocenters. The van der Waals surface area contributed by atoms with Gasteiger partial charge in [0.25, 0.3) is 5.91 Å². The van der Waals surface area contributed by atoms with E-state index in [1.165, 1.54) is 11.0 Å². The van der Waals surface area contributed by atoms with E-state index in [0.717, 1.165) is 10.7 Å². The lowest BCUT2D eigenvalue weighted by Gasteiger charge is -2.46. The number of hydrogen-bond acceptors (Lipinski definition) is 7. The lowest BCUT2D eigenvalue weighted by molar-refractivity contribution is -0.171. The zero-order valence-electron chi connectivity index (χ0n) is 15.4. The first-order valence-corrected chi connectivity index (χ1v) is 9.80. The zero-order valence-corrected chi connectivity index (χ0v) is 16.2. The SMILES string of the molecule is Cc1nc(CN2CC3(CCN(C(=O)c4ncn(C)n4)CC3)OCC2=O)cs1. The summed E-state index contributed by atoms with van der Waals surface area (Å²) in [4.78, 5) is 36.9. The highest BCUT2D eigenvalue weighted by atomic mass is 32.1. The molecule has 2 amide bonds. The molecule has 0 bridgehead atoms. The predicted octanol–water partition coefficient (Wildman–Crippen LogP) is 0.614. The van der Waals surface area contributed by atoms with E-state index in [1.807, 2.05) is 17.2 Å². The fourth-order valence-electron chi connectivity index (χ4n) is 3.61. The number of ether oxygens (including phenoxy) is 1. The maximum atomic E-state index is 12.5. The molecule has 2 aromatic rings. The number of morpholine rings is 1. The van der Waals surface area contributed by atoms with Crippen molar-refractivity contribution >= 4 is 23.2 Å². The third-order valence-corrected chi connectivity index (χ3v) is 5.93. The molecule has 2 fully saturated rings. The molecule has 0 radical (unpaired) electrons. The topological polar surface area (TPSA) is 93.5 Å². The Labute approximate surface area is 160 Å². The fourth-order valence-corrected chi connectivity index (χ4v) is 4.21. The average Bonchev–Trinajstić information content (AvgIpc) is 3.27. The molecule has 1 spiro atoms. The summed E-state index contributed by atoms with van der Waals surface area (Å²) in [6.45, 7) is 4.21. The normalized spacial score (nSPS) is 19.7. The van der Waals surface area contributed by atoms with Crippen LogP contribution >= 0.6 is 11.3 Å². The van der Waals surface area contributed by atoms with Gasteiger partial charge in [0.15, 0.2) is 0 Å². The average molecular weight is 390 g/mol. The molecule has 4 heterocycles. The van der Waals surface area contributed by atoms with Gasteiger partial charge < -0.3 is 14.5 Å². The van der Waals surface area contributed by atoms with E-state index in [4.69, 9.17) is 4.74 Å². The van der Waals surface area contributed by atoms with Crippen molar-refractivity contribution in [1.82, 2.24) is 29.5 Å². The van der Waals surface area contributed by atoms with Crippen molar-refractivity contribution in [2.75, 3.05) is 26.2 Å². The van der Waals surface area contributed by atoms with Crippen LogP contribution in [0.1, 0.15) is 34.2 Å². The Kier molecular flexibility index (Phi) is 4.68. The summed E-state index contributed by atoms with van der Waals surface area (Å²) < 4.78 is 7.47. The number of piperidine rings is 1. The first-order valence-electron chi connectivity index (χ1n) is 8.92. The van der Waals surface area contributed by atoms with Crippen molar-refractivity contribution in [3.63, 3.8) is 0 Å². The summed E-state index contributed by atoms with van der Waals surface area (Å²) in [6.07, 6.45) is 2.89. The van der Waals surface area contributed by atoms with Gasteiger partial charge in [-0.2, -0.15) is 0 Å². The Morgan fingerprint density at radius 3 is 2.78 bits per heavy atom. The number of amides is 2. The minimum absolute atomic E-state index is 0.0116. The summed E-state index contributed by atoms with van der Waals surface area (Å²) >= 11 is 1.59. The summed E-state index contributed by atoms with van der Waals surface area (Å²) in [5.41, 5.74) is 0.518. The Bertz CT molecular complexity index is 854. The van der Waals surface area contributed by atoms with Gasteiger partial charge in [0.1, 0.15) is 12.9 Å². The largest absolute Gasteiger partial charge is 0.363 e. The number of carbonyl (C=O) groups is 2. The Morgan fingerprint density at radius 1 is 1.37 bits per heavy atom. The van der Waals surface area contributed by atoms with Crippen molar-refractivity contribution in [1.29, 1.82) is 0 Å². The van der Waals surface area contributed by atoms with Gasteiger partial charge in [-0.1, -0.05) is 0 Å². The molecule has 2 aromatic heterocycles. The molecule has 0 aliphatic carbocycles. The second-order valence-corrected chi connectivity index (χ2v) is 8.18. The number of hydrogen-bond donors (Lipinski definition) is 0. The van der Waals surface area contributed by atoms with Gasteiger partial charge in [0.2, 0.25) is 11.7 Å². The van der Waals surface area contributed by atoms with Gasteiger partial charge in [-0.15, -0.1) is 16.4 Å². The van der Waals surface area contributed by atoms with Crippen molar-refractivity contribution in [2.24, 2.45) is 7.05 Å². The molecule has 4 rings (SSSR count).